The van der Waals surface area contributed by atoms with Crippen molar-refractivity contribution in [2.24, 2.45) is 5.18 Å². The third-order valence-electron chi connectivity index (χ3n) is 2.30. The summed E-state index contributed by atoms with van der Waals surface area (Å²) >= 11 is 0. The summed E-state index contributed by atoms with van der Waals surface area (Å²) in [6, 6.07) is 9.90. The predicted molar refractivity (Wildman–Crippen MR) is 65.1 cm³/mol. The van der Waals surface area contributed by atoms with E-state index in [2.05, 4.69) is 11.8 Å². The molecule has 1 aromatic rings. The molecule has 3 nitrogen and oxygen atoms in total. The standard InChI is InChI=1S/C13H17NO2/c1-2-3-9-13(10-14-15)16-11-12-7-5-4-6-8-12/h2,4-8,13H,1,3,9-11H2. The van der Waals surface area contributed by atoms with E-state index in [0.717, 1.165) is 18.4 Å². The first kappa shape index (κ1) is 12.6. The van der Waals surface area contributed by atoms with Gasteiger partial charge in [-0.2, -0.15) is 4.91 Å². The second-order valence-electron chi connectivity index (χ2n) is 3.60. The predicted octanol–water partition coefficient (Wildman–Crippen LogP) is 3.30. The van der Waals surface area contributed by atoms with Gasteiger partial charge >= 0.3 is 0 Å². The van der Waals surface area contributed by atoms with Crippen LogP contribution in [0.25, 0.3) is 0 Å². The Balaban J connectivity index is 2.36. The number of nitroso groups, excluding NO2 is 1. The molecule has 0 aromatic heterocycles. The van der Waals surface area contributed by atoms with Gasteiger partial charge in [0.15, 0.2) is 0 Å². The van der Waals surface area contributed by atoms with Gasteiger partial charge < -0.3 is 4.74 Å². The largest absolute Gasteiger partial charge is 0.371 e. The Labute approximate surface area is 96.1 Å². The smallest absolute Gasteiger partial charge is 0.107 e. The van der Waals surface area contributed by atoms with E-state index < -0.39 is 0 Å². The van der Waals surface area contributed by atoms with Crippen molar-refractivity contribution < 1.29 is 4.74 Å². The van der Waals surface area contributed by atoms with E-state index in [0.29, 0.717) is 6.61 Å². The molecule has 0 aliphatic rings. The topological polar surface area (TPSA) is 38.7 Å². The third kappa shape index (κ3) is 4.84. The lowest BCUT2D eigenvalue weighted by atomic mass is 10.2. The van der Waals surface area contributed by atoms with Crippen molar-refractivity contribution in [3.05, 3.63) is 53.5 Å². The van der Waals surface area contributed by atoms with Crippen LogP contribution >= 0.6 is 0 Å². The molecule has 86 valence electrons. The first-order valence-electron chi connectivity index (χ1n) is 5.42. The molecule has 0 saturated heterocycles. The molecule has 0 bridgehead atoms. The van der Waals surface area contributed by atoms with Gasteiger partial charge in [0.1, 0.15) is 6.54 Å². The van der Waals surface area contributed by atoms with Crippen LogP contribution in [0.4, 0.5) is 0 Å². The van der Waals surface area contributed by atoms with E-state index in [9.17, 15) is 4.91 Å². The molecule has 0 saturated carbocycles. The van der Waals surface area contributed by atoms with Gasteiger partial charge in [0.05, 0.1) is 12.7 Å². The quantitative estimate of drug-likeness (QED) is 0.497. The van der Waals surface area contributed by atoms with Crippen molar-refractivity contribution in [2.45, 2.75) is 25.6 Å². The van der Waals surface area contributed by atoms with Crippen molar-refractivity contribution in [1.82, 2.24) is 0 Å². The van der Waals surface area contributed by atoms with E-state index in [-0.39, 0.29) is 12.6 Å². The zero-order valence-electron chi connectivity index (χ0n) is 9.34. The molecule has 16 heavy (non-hydrogen) atoms. The van der Waals surface area contributed by atoms with Crippen LogP contribution in [0.15, 0.2) is 48.2 Å². The number of benzene rings is 1. The van der Waals surface area contributed by atoms with E-state index in [1.807, 2.05) is 36.4 Å². The van der Waals surface area contributed by atoms with Crippen LogP contribution in [-0.4, -0.2) is 12.6 Å². The van der Waals surface area contributed by atoms with Gasteiger partial charge in [-0.15, -0.1) is 6.58 Å². The normalized spacial score (nSPS) is 12.0. The lowest BCUT2D eigenvalue weighted by Gasteiger charge is -2.13. The number of hydrogen-bond donors (Lipinski definition) is 0. The third-order valence-corrected chi connectivity index (χ3v) is 2.30. The maximum Gasteiger partial charge on any atom is 0.107 e. The fourth-order valence-electron chi connectivity index (χ4n) is 1.40. The van der Waals surface area contributed by atoms with Crippen molar-refractivity contribution in [3.63, 3.8) is 0 Å². The Bertz CT molecular complexity index is 311. The van der Waals surface area contributed by atoms with Crippen LogP contribution in [0, 0.1) is 4.91 Å². The summed E-state index contributed by atoms with van der Waals surface area (Å²) in [6.45, 7) is 4.38. The van der Waals surface area contributed by atoms with Crippen LogP contribution in [0.3, 0.4) is 0 Å². The molecule has 0 fully saturated rings. The minimum atomic E-state index is -0.101. The first-order chi connectivity index (χ1) is 7.86. The van der Waals surface area contributed by atoms with E-state index >= 15 is 0 Å². The van der Waals surface area contributed by atoms with Crippen molar-refractivity contribution in [2.75, 3.05) is 6.54 Å². The molecular weight excluding hydrogens is 202 g/mol. The molecule has 1 rings (SSSR count). The summed E-state index contributed by atoms with van der Waals surface area (Å²) in [7, 11) is 0. The Morgan fingerprint density at radius 1 is 1.38 bits per heavy atom. The first-order valence-corrected chi connectivity index (χ1v) is 5.42. The molecule has 0 aliphatic heterocycles. The van der Waals surface area contributed by atoms with E-state index in [1.54, 1.807) is 0 Å². The summed E-state index contributed by atoms with van der Waals surface area (Å²) in [5, 5.41) is 2.89. The molecule has 1 atom stereocenters. The molecule has 0 N–H and O–H groups in total. The van der Waals surface area contributed by atoms with Gasteiger partial charge in [0, 0.05) is 0 Å². The van der Waals surface area contributed by atoms with Crippen LogP contribution in [0.2, 0.25) is 0 Å². The van der Waals surface area contributed by atoms with E-state index in [1.165, 1.54) is 0 Å². The zero-order chi connectivity index (χ0) is 11.6. The van der Waals surface area contributed by atoms with Gasteiger partial charge in [0.25, 0.3) is 0 Å². The summed E-state index contributed by atoms with van der Waals surface area (Å²) in [5.41, 5.74) is 1.11. The van der Waals surface area contributed by atoms with Crippen LogP contribution in [-0.2, 0) is 11.3 Å². The van der Waals surface area contributed by atoms with Gasteiger partial charge in [0.2, 0.25) is 0 Å². The lowest BCUT2D eigenvalue weighted by molar-refractivity contribution is 0.0417. The number of ether oxygens (including phenoxy) is 1. The fourth-order valence-corrected chi connectivity index (χ4v) is 1.40. The number of hydrogen-bond acceptors (Lipinski definition) is 3. The monoisotopic (exact) mass is 219 g/mol. The minimum absolute atomic E-state index is 0.101. The molecule has 0 radical (unpaired) electrons. The van der Waals surface area contributed by atoms with Crippen LogP contribution < -0.4 is 0 Å². The Morgan fingerprint density at radius 3 is 2.75 bits per heavy atom. The highest BCUT2D eigenvalue weighted by Gasteiger charge is 2.08. The average Bonchev–Trinajstić information content (AvgIpc) is 2.34. The Kier molecular flexibility index (Phi) is 6.11. The van der Waals surface area contributed by atoms with Crippen molar-refractivity contribution in [1.29, 1.82) is 0 Å². The van der Waals surface area contributed by atoms with Gasteiger partial charge in [-0.1, -0.05) is 41.6 Å². The maximum atomic E-state index is 10.2. The van der Waals surface area contributed by atoms with Crippen LogP contribution in [0.5, 0.6) is 0 Å². The number of allylic oxidation sites excluding steroid dienone is 1. The molecule has 0 spiro atoms. The molecule has 0 aliphatic carbocycles. The summed E-state index contributed by atoms with van der Waals surface area (Å²) in [4.78, 5) is 10.2. The van der Waals surface area contributed by atoms with Crippen molar-refractivity contribution >= 4 is 0 Å². The molecule has 0 heterocycles. The Hall–Kier alpha value is -1.48. The fraction of sp³-hybridized carbons (Fsp3) is 0.385. The maximum absolute atomic E-state index is 10.2. The molecule has 1 unspecified atom stereocenters. The highest BCUT2D eigenvalue weighted by atomic mass is 16.5. The Morgan fingerprint density at radius 2 is 2.12 bits per heavy atom. The SMILES string of the molecule is C=CCCC(CN=O)OCc1ccccc1. The molecular formula is C13H17NO2. The lowest BCUT2D eigenvalue weighted by Crippen LogP contribution is -2.16. The van der Waals surface area contributed by atoms with Gasteiger partial charge in [-0.05, 0) is 18.4 Å². The highest BCUT2D eigenvalue weighted by Crippen LogP contribution is 2.08. The van der Waals surface area contributed by atoms with Crippen molar-refractivity contribution in [3.8, 4) is 0 Å². The second kappa shape index (κ2) is 7.77. The summed E-state index contributed by atoms with van der Waals surface area (Å²) in [5.74, 6) is 0. The molecule has 1 aromatic carbocycles. The summed E-state index contributed by atoms with van der Waals surface area (Å²) < 4.78 is 5.63. The minimum Gasteiger partial charge on any atom is -0.371 e. The molecule has 0 amide bonds. The highest BCUT2D eigenvalue weighted by molar-refractivity contribution is 5.13. The second-order valence-corrected chi connectivity index (χ2v) is 3.60. The average molecular weight is 219 g/mol. The number of rotatable bonds is 8. The van der Waals surface area contributed by atoms with Gasteiger partial charge in [-0.3, -0.25) is 0 Å². The summed E-state index contributed by atoms with van der Waals surface area (Å²) in [6.07, 6.45) is 3.36. The number of nitrogens with zero attached hydrogens (tertiary/aromatic N) is 1. The van der Waals surface area contributed by atoms with E-state index in [4.69, 9.17) is 4.74 Å². The zero-order valence-corrected chi connectivity index (χ0v) is 9.34. The van der Waals surface area contributed by atoms with Crippen LogP contribution in [0.1, 0.15) is 18.4 Å². The molecule has 3 heteroatoms. The van der Waals surface area contributed by atoms with Gasteiger partial charge in [-0.25, -0.2) is 0 Å².